The molecule has 0 aliphatic carbocycles. The molecule has 2 aromatic carbocycles. The largest absolute Gasteiger partial charge is 0.492 e. The predicted molar refractivity (Wildman–Crippen MR) is 108 cm³/mol. The number of aromatic nitrogens is 2. The first-order chi connectivity index (χ1) is 13.4. The molecule has 0 unspecified atom stereocenters. The molecule has 0 aliphatic rings. The van der Waals surface area contributed by atoms with E-state index in [-0.39, 0.29) is 10.5 Å². The van der Waals surface area contributed by atoms with Crippen molar-refractivity contribution in [2.24, 2.45) is 0 Å². The Bertz CT molecular complexity index is 1120. The van der Waals surface area contributed by atoms with Gasteiger partial charge in [-0.25, -0.2) is 13.5 Å². The number of sulfonamides is 1. The average molecular weight is 399 g/mol. The summed E-state index contributed by atoms with van der Waals surface area (Å²) in [5.41, 5.74) is 1.80. The SMILES string of the molecule is CCOc1ccccc1NS(=O)(=O)c1cc(-c2ccc(=O)[nH]n2)ccc1CC. The molecule has 1 aromatic heterocycles. The van der Waals surface area contributed by atoms with Gasteiger partial charge in [0.05, 0.1) is 22.9 Å². The summed E-state index contributed by atoms with van der Waals surface area (Å²) < 4.78 is 34.4. The first-order valence-corrected chi connectivity index (χ1v) is 10.4. The van der Waals surface area contributed by atoms with Crippen LogP contribution in [0.15, 0.2) is 64.3 Å². The van der Waals surface area contributed by atoms with Crippen molar-refractivity contribution in [1.29, 1.82) is 0 Å². The molecule has 0 radical (unpaired) electrons. The lowest BCUT2D eigenvalue weighted by Crippen LogP contribution is -2.16. The molecule has 2 N–H and O–H groups in total. The molecule has 0 saturated carbocycles. The molecule has 0 saturated heterocycles. The number of ether oxygens (including phenoxy) is 1. The molecule has 7 nitrogen and oxygen atoms in total. The normalized spacial score (nSPS) is 11.2. The molecule has 0 atom stereocenters. The van der Waals surface area contributed by atoms with Crippen LogP contribution in [-0.4, -0.2) is 25.2 Å². The number of nitrogens with zero attached hydrogens (tertiary/aromatic N) is 1. The molecule has 0 amide bonds. The Balaban J connectivity index is 2.04. The Morgan fingerprint density at radius 1 is 1.07 bits per heavy atom. The molecule has 0 bridgehead atoms. The summed E-state index contributed by atoms with van der Waals surface area (Å²) in [6, 6.07) is 14.9. The van der Waals surface area contributed by atoms with Gasteiger partial charge in [0.1, 0.15) is 5.75 Å². The van der Waals surface area contributed by atoms with Crippen molar-refractivity contribution >= 4 is 15.7 Å². The molecular formula is C20H21N3O4S. The van der Waals surface area contributed by atoms with Gasteiger partial charge in [-0.3, -0.25) is 9.52 Å². The van der Waals surface area contributed by atoms with Gasteiger partial charge >= 0.3 is 0 Å². The van der Waals surface area contributed by atoms with E-state index in [9.17, 15) is 13.2 Å². The molecule has 0 spiro atoms. The highest BCUT2D eigenvalue weighted by Crippen LogP contribution is 2.29. The van der Waals surface area contributed by atoms with E-state index in [1.807, 2.05) is 13.8 Å². The summed E-state index contributed by atoms with van der Waals surface area (Å²) >= 11 is 0. The molecular weight excluding hydrogens is 378 g/mol. The molecule has 1 heterocycles. The van der Waals surface area contributed by atoms with Gasteiger partial charge in [-0.1, -0.05) is 31.2 Å². The summed E-state index contributed by atoms with van der Waals surface area (Å²) in [7, 11) is -3.87. The van der Waals surface area contributed by atoms with E-state index >= 15 is 0 Å². The highest BCUT2D eigenvalue weighted by Gasteiger charge is 2.21. The first kappa shape index (κ1) is 19.6. The van der Waals surface area contributed by atoms with Crippen LogP contribution in [0.5, 0.6) is 5.75 Å². The van der Waals surface area contributed by atoms with Gasteiger partial charge in [-0.2, -0.15) is 5.10 Å². The minimum atomic E-state index is -3.87. The number of hydrogen-bond donors (Lipinski definition) is 2. The van der Waals surface area contributed by atoms with Gasteiger partial charge in [0.25, 0.3) is 15.6 Å². The van der Waals surface area contributed by atoms with Crippen LogP contribution < -0.4 is 15.0 Å². The van der Waals surface area contributed by atoms with E-state index in [2.05, 4.69) is 14.9 Å². The van der Waals surface area contributed by atoms with Crippen LogP contribution in [0.2, 0.25) is 0 Å². The molecule has 8 heteroatoms. The van der Waals surface area contributed by atoms with E-state index in [1.54, 1.807) is 48.5 Å². The fourth-order valence-corrected chi connectivity index (χ4v) is 4.20. The summed E-state index contributed by atoms with van der Waals surface area (Å²) in [6.07, 6.45) is 0.544. The minimum Gasteiger partial charge on any atom is -0.492 e. The van der Waals surface area contributed by atoms with E-state index in [0.717, 1.165) is 0 Å². The Morgan fingerprint density at radius 3 is 2.54 bits per heavy atom. The number of aromatic amines is 1. The number of hydrogen-bond acceptors (Lipinski definition) is 5. The number of aryl methyl sites for hydroxylation is 1. The zero-order chi connectivity index (χ0) is 20.1. The molecule has 28 heavy (non-hydrogen) atoms. The topological polar surface area (TPSA) is 101 Å². The van der Waals surface area contributed by atoms with Crippen LogP contribution in [0, 0.1) is 0 Å². The van der Waals surface area contributed by atoms with Crippen molar-refractivity contribution in [3.8, 4) is 17.0 Å². The van der Waals surface area contributed by atoms with Gasteiger partial charge < -0.3 is 4.74 Å². The number of anilines is 1. The van der Waals surface area contributed by atoms with Gasteiger partial charge in [-0.05, 0) is 43.2 Å². The number of rotatable bonds is 7. The maximum Gasteiger partial charge on any atom is 0.264 e. The Kier molecular flexibility index (Phi) is 5.79. The number of nitrogens with one attached hydrogen (secondary N) is 2. The standard InChI is InChI=1S/C20H21N3O4S/c1-3-14-9-10-15(16-11-12-20(24)22-21-16)13-19(14)28(25,26)23-17-7-5-6-8-18(17)27-4-2/h5-13,23H,3-4H2,1-2H3,(H,22,24). The van der Waals surface area contributed by atoms with Crippen molar-refractivity contribution in [2.45, 2.75) is 25.2 Å². The lowest BCUT2D eigenvalue weighted by atomic mass is 10.1. The highest BCUT2D eigenvalue weighted by molar-refractivity contribution is 7.92. The van der Waals surface area contributed by atoms with E-state index in [1.165, 1.54) is 6.07 Å². The van der Waals surface area contributed by atoms with Crippen LogP contribution in [0.25, 0.3) is 11.3 Å². The lowest BCUT2D eigenvalue weighted by Gasteiger charge is -2.15. The number of para-hydroxylation sites is 2. The number of benzene rings is 2. The third kappa shape index (κ3) is 4.23. The van der Waals surface area contributed by atoms with Crippen molar-refractivity contribution < 1.29 is 13.2 Å². The van der Waals surface area contributed by atoms with Crippen LogP contribution in [0.4, 0.5) is 5.69 Å². The molecule has 3 rings (SSSR count). The Labute approximate surface area is 163 Å². The second-order valence-electron chi connectivity index (χ2n) is 6.02. The molecule has 0 fully saturated rings. The van der Waals surface area contributed by atoms with Gasteiger partial charge in [0.15, 0.2) is 0 Å². The Morgan fingerprint density at radius 2 is 1.86 bits per heavy atom. The van der Waals surface area contributed by atoms with Crippen molar-refractivity contribution in [2.75, 3.05) is 11.3 Å². The highest BCUT2D eigenvalue weighted by atomic mass is 32.2. The summed E-state index contributed by atoms with van der Waals surface area (Å²) in [5, 5.41) is 6.34. The smallest absolute Gasteiger partial charge is 0.264 e. The van der Waals surface area contributed by atoms with E-state index in [0.29, 0.717) is 41.3 Å². The van der Waals surface area contributed by atoms with Crippen molar-refractivity contribution in [3.63, 3.8) is 0 Å². The second-order valence-corrected chi connectivity index (χ2v) is 7.67. The van der Waals surface area contributed by atoms with Crippen LogP contribution >= 0.6 is 0 Å². The summed E-state index contributed by atoms with van der Waals surface area (Å²) in [5.74, 6) is 0.463. The first-order valence-electron chi connectivity index (χ1n) is 8.88. The Hall–Kier alpha value is -3.13. The lowest BCUT2D eigenvalue weighted by molar-refractivity contribution is 0.342. The van der Waals surface area contributed by atoms with Gasteiger partial charge in [0.2, 0.25) is 0 Å². The van der Waals surface area contributed by atoms with Gasteiger partial charge in [0, 0.05) is 11.6 Å². The molecule has 146 valence electrons. The average Bonchev–Trinajstić information content (AvgIpc) is 2.69. The molecule has 0 aliphatic heterocycles. The zero-order valence-electron chi connectivity index (χ0n) is 15.6. The zero-order valence-corrected chi connectivity index (χ0v) is 16.4. The van der Waals surface area contributed by atoms with Crippen LogP contribution in [0.3, 0.4) is 0 Å². The maximum absolute atomic E-state index is 13.1. The fourth-order valence-electron chi connectivity index (χ4n) is 2.79. The number of H-pyrrole nitrogens is 1. The van der Waals surface area contributed by atoms with Crippen LogP contribution in [-0.2, 0) is 16.4 Å². The molecule has 3 aromatic rings. The fraction of sp³-hybridized carbons (Fsp3) is 0.200. The van der Waals surface area contributed by atoms with Crippen LogP contribution in [0.1, 0.15) is 19.4 Å². The van der Waals surface area contributed by atoms with E-state index in [4.69, 9.17) is 4.74 Å². The second kappa shape index (κ2) is 8.26. The monoisotopic (exact) mass is 399 g/mol. The van der Waals surface area contributed by atoms with Crippen molar-refractivity contribution in [3.05, 3.63) is 70.5 Å². The summed E-state index contributed by atoms with van der Waals surface area (Å²) in [4.78, 5) is 11.4. The maximum atomic E-state index is 13.1. The third-order valence-electron chi connectivity index (χ3n) is 4.14. The quantitative estimate of drug-likeness (QED) is 0.635. The van der Waals surface area contributed by atoms with Gasteiger partial charge in [-0.15, -0.1) is 0 Å². The predicted octanol–water partition coefficient (Wildman–Crippen LogP) is 3.20. The third-order valence-corrected chi connectivity index (χ3v) is 5.59. The van der Waals surface area contributed by atoms with E-state index < -0.39 is 10.0 Å². The summed E-state index contributed by atoms with van der Waals surface area (Å²) in [6.45, 7) is 4.15. The van der Waals surface area contributed by atoms with Crippen molar-refractivity contribution in [1.82, 2.24) is 10.2 Å². The minimum absolute atomic E-state index is 0.159.